The molecule has 10 heteroatoms. The lowest BCUT2D eigenvalue weighted by Crippen LogP contribution is -2.61. The number of hydrogen-bond donors (Lipinski definition) is 1. The lowest BCUT2D eigenvalue weighted by Gasteiger charge is -2.36. The number of hydrogen-bond acceptors (Lipinski definition) is 4. The van der Waals surface area contributed by atoms with Gasteiger partial charge in [0.2, 0.25) is 11.9 Å². The number of rotatable bonds is 4. The van der Waals surface area contributed by atoms with Gasteiger partial charge < -0.3 is 4.74 Å². The van der Waals surface area contributed by atoms with E-state index in [0.717, 1.165) is 23.3 Å². The fraction of sp³-hybridized carbons (Fsp3) is 0.286. The second kappa shape index (κ2) is 8.03. The first kappa shape index (κ1) is 20.9. The Morgan fingerprint density at radius 3 is 2.61 bits per heavy atom. The number of carbonyl (C=O) groups excluding carboxylic acids is 1. The van der Waals surface area contributed by atoms with Crippen molar-refractivity contribution in [2.45, 2.75) is 19.6 Å². The van der Waals surface area contributed by atoms with Crippen molar-refractivity contribution in [3.05, 3.63) is 64.5 Å². The summed E-state index contributed by atoms with van der Waals surface area (Å²) in [6.07, 6.45) is 0. The Kier molecular flexibility index (Phi) is 5.40. The van der Waals surface area contributed by atoms with Crippen molar-refractivity contribution in [3.8, 4) is 0 Å². The van der Waals surface area contributed by atoms with Crippen LogP contribution < -0.4 is 5.32 Å². The summed E-state index contributed by atoms with van der Waals surface area (Å²) in [6, 6.07) is 6.35. The van der Waals surface area contributed by atoms with Crippen LogP contribution in [0.5, 0.6) is 0 Å². The van der Waals surface area contributed by atoms with E-state index in [1.165, 1.54) is 11.9 Å². The number of carbonyl (C=O) groups is 1. The molecule has 0 aliphatic carbocycles. The summed E-state index contributed by atoms with van der Waals surface area (Å²) in [5.41, 5.74) is 2.52. The molecule has 1 atom stereocenters. The first-order chi connectivity index (χ1) is 14.8. The maximum absolute atomic E-state index is 13.9. The van der Waals surface area contributed by atoms with Crippen LogP contribution in [0.1, 0.15) is 22.7 Å². The minimum atomic E-state index is -1.54. The molecule has 0 spiro atoms. The Morgan fingerprint density at radius 2 is 1.94 bits per heavy atom. The van der Waals surface area contributed by atoms with Crippen molar-refractivity contribution in [1.29, 1.82) is 0 Å². The minimum Gasteiger partial charge on any atom is -0.380 e. The van der Waals surface area contributed by atoms with Crippen LogP contribution in [0, 0.1) is 24.4 Å². The summed E-state index contributed by atoms with van der Waals surface area (Å²) in [6.45, 7) is 2.37. The minimum absolute atomic E-state index is 0.112. The quantitative estimate of drug-likeness (QED) is 0.752. The second-order valence-electron chi connectivity index (χ2n) is 7.30. The number of methoxy groups -OCH3 is 1. The van der Waals surface area contributed by atoms with Gasteiger partial charge in [-0.3, -0.25) is 15.1 Å². The third-order valence-electron chi connectivity index (χ3n) is 5.19. The zero-order valence-electron chi connectivity index (χ0n) is 17.1. The normalized spacial score (nSPS) is 19.5. The fourth-order valence-corrected chi connectivity index (χ4v) is 3.56. The second-order valence-corrected chi connectivity index (χ2v) is 7.30. The number of nitrogens with zero attached hydrogens (tertiary/aromatic N) is 4. The molecule has 162 valence electrons. The van der Waals surface area contributed by atoms with Crippen molar-refractivity contribution < 1.29 is 22.7 Å². The monoisotopic (exact) mass is 431 g/mol. The van der Waals surface area contributed by atoms with Gasteiger partial charge in [-0.15, -0.1) is 0 Å². The number of aliphatic imine (C=N–C) groups is 2. The van der Waals surface area contributed by atoms with Gasteiger partial charge in [-0.1, -0.05) is 12.1 Å². The van der Waals surface area contributed by atoms with Gasteiger partial charge in [0, 0.05) is 14.2 Å². The first-order valence-corrected chi connectivity index (χ1v) is 9.50. The molecule has 0 radical (unpaired) electrons. The van der Waals surface area contributed by atoms with E-state index >= 15 is 0 Å². The molecular weight excluding hydrogens is 411 g/mol. The Balaban J connectivity index is 1.79. The number of amides is 2. The number of urea groups is 1. The van der Waals surface area contributed by atoms with Crippen molar-refractivity contribution >= 4 is 23.6 Å². The molecule has 4 rings (SSSR count). The van der Waals surface area contributed by atoms with Crippen LogP contribution in [0.25, 0.3) is 0 Å². The summed E-state index contributed by atoms with van der Waals surface area (Å²) in [4.78, 5) is 24.3. The number of aryl methyl sites for hydroxylation is 1. The van der Waals surface area contributed by atoms with Gasteiger partial charge in [-0.25, -0.2) is 28.0 Å². The molecule has 2 heterocycles. The molecule has 7 nitrogen and oxygen atoms in total. The van der Waals surface area contributed by atoms with Crippen molar-refractivity contribution in [3.63, 3.8) is 0 Å². The lowest BCUT2D eigenvalue weighted by atomic mass is 10.1. The average Bonchev–Trinajstić information content (AvgIpc) is 3.18. The molecule has 1 N–H and O–H groups in total. The van der Waals surface area contributed by atoms with Crippen molar-refractivity contribution in [2.75, 3.05) is 20.7 Å². The summed E-state index contributed by atoms with van der Waals surface area (Å²) in [5, 5.41) is 2.69. The van der Waals surface area contributed by atoms with E-state index in [4.69, 9.17) is 4.74 Å². The predicted molar refractivity (Wildman–Crippen MR) is 108 cm³/mol. The molecule has 2 aromatic carbocycles. The van der Waals surface area contributed by atoms with Crippen LogP contribution in [0.4, 0.5) is 23.7 Å². The highest BCUT2D eigenvalue weighted by Gasteiger charge is 2.41. The van der Waals surface area contributed by atoms with E-state index in [2.05, 4.69) is 15.3 Å². The number of benzene rings is 2. The highest BCUT2D eigenvalue weighted by molar-refractivity contribution is 6.16. The van der Waals surface area contributed by atoms with Crippen molar-refractivity contribution in [1.82, 2.24) is 15.1 Å². The van der Waals surface area contributed by atoms with E-state index < -0.39 is 29.5 Å². The molecule has 31 heavy (non-hydrogen) atoms. The largest absolute Gasteiger partial charge is 0.380 e. The molecular formula is C21H20F3N5O2. The van der Waals surface area contributed by atoms with Crippen LogP contribution >= 0.6 is 0 Å². The number of fused-ring (bicyclic) bond motifs is 1. The summed E-state index contributed by atoms with van der Waals surface area (Å²) >= 11 is 0. The number of ether oxygens (including phenoxy) is 1. The third-order valence-corrected chi connectivity index (χ3v) is 5.19. The molecule has 1 saturated heterocycles. The average molecular weight is 431 g/mol. The van der Waals surface area contributed by atoms with Gasteiger partial charge in [-0.05, 0) is 41.8 Å². The summed E-state index contributed by atoms with van der Waals surface area (Å²) < 4.78 is 46.4. The third kappa shape index (κ3) is 3.74. The summed E-state index contributed by atoms with van der Waals surface area (Å²) in [5.74, 6) is -3.68. The highest BCUT2D eigenvalue weighted by atomic mass is 19.2. The van der Waals surface area contributed by atoms with Gasteiger partial charge >= 0.3 is 6.03 Å². The fourth-order valence-electron chi connectivity index (χ4n) is 3.56. The first-order valence-electron chi connectivity index (χ1n) is 9.50. The number of nitrogens with one attached hydrogen (secondary N) is 1. The maximum Gasteiger partial charge on any atom is 0.330 e. The van der Waals surface area contributed by atoms with Crippen LogP contribution in [-0.2, 0) is 11.3 Å². The predicted octanol–water partition coefficient (Wildman–Crippen LogP) is 3.61. The Hall–Kier alpha value is -3.40. The lowest BCUT2D eigenvalue weighted by molar-refractivity contribution is 0.185. The van der Waals surface area contributed by atoms with Crippen LogP contribution in [0.15, 0.2) is 40.3 Å². The van der Waals surface area contributed by atoms with E-state index in [0.29, 0.717) is 12.3 Å². The molecule has 2 aliphatic rings. The standard InChI is InChI=1S/C21H20F3N5O2/c1-11-4-5-12(10-31-3)6-16(11)26-19-27-21(30)28(2)20-25-9-17(29(19)20)13-7-14(22)18(24)15(23)8-13/h4-8,17H,9-10H2,1-3H3,(H,26,27,30). The van der Waals surface area contributed by atoms with Gasteiger partial charge in [0.25, 0.3) is 0 Å². The van der Waals surface area contributed by atoms with E-state index in [-0.39, 0.29) is 24.0 Å². The van der Waals surface area contributed by atoms with E-state index in [1.54, 1.807) is 12.0 Å². The number of halogens is 3. The van der Waals surface area contributed by atoms with Gasteiger partial charge in [0.1, 0.15) is 0 Å². The van der Waals surface area contributed by atoms with Crippen LogP contribution in [0.2, 0.25) is 0 Å². The summed E-state index contributed by atoms with van der Waals surface area (Å²) in [7, 11) is 3.11. The van der Waals surface area contributed by atoms with Crippen LogP contribution in [-0.4, -0.2) is 48.5 Å². The van der Waals surface area contributed by atoms with E-state index in [9.17, 15) is 18.0 Å². The van der Waals surface area contributed by atoms with Crippen molar-refractivity contribution in [2.24, 2.45) is 9.98 Å². The molecule has 0 bridgehead atoms. The van der Waals surface area contributed by atoms with Gasteiger partial charge in [-0.2, -0.15) is 0 Å². The molecule has 0 aromatic heterocycles. The van der Waals surface area contributed by atoms with Gasteiger partial charge in [0.15, 0.2) is 17.5 Å². The molecule has 2 aliphatic heterocycles. The molecule has 2 amide bonds. The SMILES string of the molecule is COCc1ccc(C)c(N=C2NC(=O)N(C)C3=NCC(c4cc(F)c(F)c(F)c4)N23)c1. The topological polar surface area (TPSA) is 69.5 Å². The number of guanidine groups is 2. The van der Waals surface area contributed by atoms with Gasteiger partial charge in [0.05, 0.1) is 24.9 Å². The molecule has 0 saturated carbocycles. The highest BCUT2D eigenvalue weighted by Crippen LogP contribution is 2.32. The molecule has 1 fully saturated rings. The van der Waals surface area contributed by atoms with E-state index in [1.807, 2.05) is 25.1 Å². The van der Waals surface area contributed by atoms with Crippen LogP contribution in [0.3, 0.4) is 0 Å². The Labute approximate surface area is 176 Å². The zero-order chi connectivity index (χ0) is 22.3. The Bertz CT molecular complexity index is 1100. The maximum atomic E-state index is 13.9. The molecule has 1 unspecified atom stereocenters. The molecule has 2 aromatic rings. The zero-order valence-corrected chi connectivity index (χ0v) is 17.1. The Morgan fingerprint density at radius 1 is 1.23 bits per heavy atom. The smallest absolute Gasteiger partial charge is 0.330 e.